The van der Waals surface area contributed by atoms with Gasteiger partial charge in [0.1, 0.15) is 0 Å². The van der Waals surface area contributed by atoms with E-state index < -0.39 is 6.43 Å². The van der Waals surface area contributed by atoms with Crippen LogP contribution in [0.15, 0.2) is 26.9 Å². The zero-order valence-electron chi connectivity index (χ0n) is 6.80. The highest BCUT2D eigenvalue weighted by atomic mass is 79.9. The molecule has 2 rings (SSSR count). The minimum atomic E-state index is -2.46. The number of halogens is 3. The van der Waals surface area contributed by atoms with Gasteiger partial charge in [-0.1, -0.05) is 22.0 Å². The van der Waals surface area contributed by atoms with E-state index in [4.69, 9.17) is 0 Å². The van der Waals surface area contributed by atoms with Crippen molar-refractivity contribution in [1.82, 2.24) is 0 Å². The molecule has 0 saturated heterocycles. The third-order valence-electron chi connectivity index (χ3n) is 1.89. The normalized spacial score (nSPS) is 11.5. The maximum absolute atomic E-state index is 12.6. The minimum absolute atomic E-state index is 0.0424. The number of hydrogen-bond acceptors (Lipinski definition) is 2. The summed E-state index contributed by atoms with van der Waals surface area (Å²) in [5.74, 6) is 0. The first-order valence-corrected chi connectivity index (χ1v) is 5.84. The van der Waals surface area contributed by atoms with Gasteiger partial charge < -0.3 is 0 Å². The summed E-state index contributed by atoms with van der Waals surface area (Å²) in [6, 6.07) is 5.27. The predicted octanol–water partition coefficient (Wildman–Crippen LogP) is 4.89. The van der Waals surface area contributed by atoms with Crippen molar-refractivity contribution in [2.24, 2.45) is 0 Å². The molecule has 0 saturated carbocycles. The summed E-state index contributed by atoms with van der Waals surface area (Å²) >= 11 is 8.63. The van der Waals surface area contributed by atoms with Crippen LogP contribution < -0.4 is 0 Å². The Morgan fingerprint density at radius 2 is 2.07 bits per heavy atom. The summed E-state index contributed by atoms with van der Waals surface area (Å²) in [5, 5.41) is 0.596. The van der Waals surface area contributed by atoms with Gasteiger partial charge in [-0.3, -0.25) is 0 Å². The molecule has 0 atom stereocenters. The second kappa shape index (κ2) is 3.79. The van der Waals surface area contributed by atoms with Gasteiger partial charge in [-0.2, -0.15) is 0 Å². The van der Waals surface area contributed by atoms with Crippen molar-refractivity contribution in [1.29, 1.82) is 0 Å². The van der Waals surface area contributed by atoms with E-state index in [0.717, 1.165) is 9.17 Å². The van der Waals surface area contributed by atoms with Crippen molar-refractivity contribution >= 4 is 50.0 Å². The molecule has 0 amide bonds. The van der Waals surface area contributed by atoms with E-state index in [1.165, 1.54) is 11.3 Å². The summed E-state index contributed by atoms with van der Waals surface area (Å²) in [6.45, 7) is 0. The smallest absolute Gasteiger partial charge is 0.205 e. The lowest BCUT2D eigenvalue weighted by Gasteiger charge is -1.98. The number of hydrogen-bond donors (Lipinski definition) is 1. The van der Waals surface area contributed by atoms with Crippen molar-refractivity contribution in [3.8, 4) is 0 Å². The molecule has 0 aliphatic carbocycles. The fraction of sp³-hybridized carbons (Fsp3) is 0.111. The van der Waals surface area contributed by atoms with E-state index in [1.807, 2.05) is 6.07 Å². The van der Waals surface area contributed by atoms with Gasteiger partial charge in [-0.05, 0) is 12.1 Å². The van der Waals surface area contributed by atoms with Crippen LogP contribution in [0.2, 0.25) is 0 Å². The van der Waals surface area contributed by atoms with Crippen LogP contribution in [-0.4, -0.2) is 0 Å². The van der Waals surface area contributed by atoms with E-state index in [2.05, 4.69) is 28.6 Å². The first-order chi connectivity index (χ1) is 6.59. The molecule has 0 fully saturated rings. The van der Waals surface area contributed by atoms with Crippen LogP contribution in [0, 0.1) is 0 Å². The third-order valence-corrected chi connectivity index (χ3v) is 3.87. The van der Waals surface area contributed by atoms with E-state index in [9.17, 15) is 8.78 Å². The number of benzene rings is 1. The number of alkyl halides is 2. The van der Waals surface area contributed by atoms with Gasteiger partial charge in [-0.15, -0.1) is 24.0 Å². The molecule has 0 aliphatic rings. The number of thiophene rings is 1. The van der Waals surface area contributed by atoms with E-state index >= 15 is 0 Å². The summed E-state index contributed by atoms with van der Waals surface area (Å²) in [6.07, 6.45) is -2.46. The third kappa shape index (κ3) is 1.68. The summed E-state index contributed by atoms with van der Waals surface area (Å²) in [7, 11) is 0. The highest BCUT2D eigenvalue weighted by Crippen LogP contribution is 2.40. The molecule has 0 spiro atoms. The molecule has 0 nitrogen and oxygen atoms in total. The topological polar surface area (TPSA) is 0 Å². The van der Waals surface area contributed by atoms with Gasteiger partial charge in [0.25, 0.3) is 6.43 Å². The molecular weight excluding hydrogens is 290 g/mol. The van der Waals surface area contributed by atoms with Crippen molar-refractivity contribution < 1.29 is 8.78 Å². The minimum Gasteiger partial charge on any atom is -0.205 e. The molecule has 0 unspecified atom stereocenters. The molecule has 1 aromatic heterocycles. The Bertz CT molecular complexity index is 479. The van der Waals surface area contributed by atoms with Gasteiger partial charge in [0.15, 0.2) is 0 Å². The van der Waals surface area contributed by atoms with E-state index in [0.29, 0.717) is 9.60 Å². The largest absolute Gasteiger partial charge is 0.266 e. The van der Waals surface area contributed by atoms with E-state index in [-0.39, 0.29) is 5.56 Å². The first kappa shape index (κ1) is 10.4. The molecule has 0 radical (unpaired) electrons. The van der Waals surface area contributed by atoms with Gasteiger partial charge >= 0.3 is 0 Å². The second-order valence-corrected chi connectivity index (χ2v) is 5.48. The Morgan fingerprint density at radius 1 is 1.36 bits per heavy atom. The molecular formula is C9H5BrF2S2. The quantitative estimate of drug-likeness (QED) is 0.711. The zero-order chi connectivity index (χ0) is 10.3. The molecule has 5 heteroatoms. The molecule has 14 heavy (non-hydrogen) atoms. The summed E-state index contributed by atoms with van der Waals surface area (Å²) < 4.78 is 27.4. The van der Waals surface area contributed by atoms with Crippen LogP contribution in [0.1, 0.15) is 12.0 Å². The van der Waals surface area contributed by atoms with Crippen molar-refractivity contribution in [3.05, 3.63) is 28.2 Å². The van der Waals surface area contributed by atoms with Crippen LogP contribution in [0.5, 0.6) is 0 Å². The fourth-order valence-corrected chi connectivity index (χ4v) is 3.31. The second-order valence-electron chi connectivity index (χ2n) is 2.76. The lowest BCUT2D eigenvalue weighted by molar-refractivity contribution is 0.151. The molecule has 0 N–H and O–H groups in total. The fourth-order valence-electron chi connectivity index (χ4n) is 1.29. The van der Waals surface area contributed by atoms with Crippen LogP contribution in [-0.2, 0) is 0 Å². The number of thiol groups is 1. The average Bonchev–Trinajstić information content (AvgIpc) is 2.39. The van der Waals surface area contributed by atoms with E-state index in [1.54, 1.807) is 12.1 Å². The Hall–Kier alpha value is -0.130. The van der Waals surface area contributed by atoms with Gasteiger partial charge in [0, 0.05) is 20.1 Å². The average molecular weight is 295 g/mol. The Kier molecular flexibility index (Phi) is 2.81. The van der Waals surface area contributed by atoms with Crippen LogP contribution >= 0.6 is 39.9 Å². The lowest BCUT2D eigenvalue weighted by atomic mass is 10.2. The zero-order valence-corrected chi connectivity index (χ0v) is 10.1. The van der Waals surface area contributed by atoms with Gasteiger partial charge in [0.05, 0.1) is 4.21 Å². The Labute approximate surface area is 97.5 Å². The van der Waals surface area contributed by atoms with Crippen LogP contribution in [0.25, 0.3) is 10.1 Å². The Morgan fingerprint density at radius 3 is 2.71 bits per heavy atom. The summed E-state index contributed by atoms with van der Waals surface area (Å²) in [5.41, 5.74) is 0.0424. The van der Waals surface area contributed by atoms with Crippen molar-refractivity contribution in [2.45, 2.75) is 10.6 Å². The molecule has 0 bridgehead atoms. The summed E-state index contributed by atoms with van der Waals surface area (Å²) in [4.78, 5) is 0. The first-order valence-electron chi connectivity index (χ1n) is 3.78. The maximum Gasteiger partial charge on any atom is 0.266 e. The number of rotatable bonds is 1. The molecule has 1 aromatic carbocycles. The van der Waals surface area contributed by atoms with Crippen molar-refractivity contribution in [2.75, 3.05) is 0 Å². The van der Waals surface area contributed by atoms with Gasteiger partial charge in [-0.25, -0.2) is 8.78 Å². The molecule has 74 valence electrons. The maximum atomic E-state index is 12.6. The number of fused-ring (bicyclic) bond motifs is 1. The Balaban J connectivity index is 2.77. The standard InChI is InChI=1S/C9H5BrF2S2/c10-4-1-2-5-6(3-4)14-9(13)7(5)8(11)12/h1-3,8,13H. The van der Waals surface area contributed by atoms with Crippen molar-refractivity contribution in [3.63, 3.8) is 0 Å². The molecule has 1 heterocycles. The lowest BCUT2D eigenvalue weighted by Crippen LogP contribution is -1.81. The monoisotopic (exact) mass is 294 g/mol. The SMILES string of the molecule is FC(F)c1c(S)sc2cc(Br)ccc12. The highest BCUT2D eigenvalue weighted by Gasteiger charge is 2.17. The predicted molar refractivity (Wildman–Crippen MR) is 61.7 cm³/mol. The van der Waals surface area contributed by atoms with Crippen LogP contribution in [0.3, 0.4) is 0 Å². The van der Waals surface area contributed by atoms with Gasteiger partial charge in [0.2, 0.25) is 0 Å². The highest BCUT2D eigenvalue weighted by molar-refractivity contribution is 9.10. The molecule has 0 aliphatic heterocycles. The molecule has 2 aromatic rings. The van der Waals surface area contributed by atoms with Crippen LogP contribution in [0.4, 0.5) is 8.78 Å².